The Labute approximate surface area is 193 Å². The van der Waals surface area contributed by atoms with Gasteiger partial charge in [0, 0.05) is 39.3 Å². The summed E-state index contributed by atoms with van der Waals surface area (Å²) in [5.41, 5.74) is 2.66. The van der Waals surface area contributed by atoms with Crippen LogP contribution in [0.2, 0.25) is 0 Å². The van der Waals surface area contributed by atoms with Crippen LogP contribution in [-0.4, -0.2) is 66.9 Å². The van der Waals surface area contributed by atoms with Crippen LogP contribution in [0.3, 0.4) is 0 Å². The topological polar surface area (TPSA) is 70.2 Å². The summed E-state index contributed by atoms with van der Waals surface area (Å²) in [6.45, 7) is 2.25. The molecule has 2 aromatic rings. The highest BCUT2D eigenvalue weighted by atomic mass is 16.5. The molecule has 1 atom stereocenters. The molecule has 2 aromatic carbocycles. The fourth-order valence-electron chi connectivity index (χ4n) is 5.38. The number of ether oxygens (including phenoxy) is 1. The summed E-state index contributed by atoms with van der Waals surface area (Å²) in [6, 6.07) is 15.1. The smallest absolute Gasteiger partial charge is 0.263 e. The normalized spacial score (nSPS) is 19.8. The maximum atomic E-state index is 13.3. The van der Waals surface area contributed by atoms with Gasteiger partial charge in [0.2, 0.25) is 0 Å². The highest BCUT2D eigenvalue weighted by Crippen LogP contribution is 2.36. The zero-order valence-corrected chi connectivity index (χ0v) is 18.9. The zero-order chi connectivity index (χ0) is 22.9. The summed E-state index contributed by atoms with van der Waals surface area (Å²) in [7, 11) is 1.55. The van der Waals surface area contributed by atoms with Gasteiger partial charge in [0.15, 0.2) is 6.10 Å². The molecule has 0 spiro atoms. The number of imide groups is 1. The molecule has 1 aliphatic carbocycles. The molecule has 0 N–H and O–H groups in total. The first-order valence-corrected chi connectivity index (χ1v) is 11.7. The second-order valence-corrected chi connectivity index (χ2v) is 8.96. The standard InChI is InChI=1S/C26H29N3O4/c1-33-23(18-8-3-2-4-9-18)26(32)28-16-14-27(15-17-28)21-13-7-12-20-22(21)25(31)29(24(20)30)19-10-5-6-11-19/h2-4,7-9,12-13,19,23H,5-6,10-11,14-17H2,1H3. The second kappa shape index (κ2) is 8.98. The van der Waals surface area contributed by atoms with Gasteiger partial charge >= 0.3 is 0 Å². The number of amides is 3. The van der Waals surface area contributed by atoms with E-state index in [2.05, 4.69) is 4.90 Å². The van der Waals surface area contributed by atoms with E-state index in [0.717, 1.165) is 36.9 Å². The maximum Gasteiger partial charge on any atom is 0.263 e. The van der Waals surface area contributed by atoms with Crippen molar-refractivity contribution in [3.8, 4) is 0 Å². The first-order chi connectivity index (χ1) is 16.1. The number of carbonyl (C=O) groups excluding carboxylic acids is 3. The lowest BCUT2D eigenvalue weighted by Crippen LogP contribution is -2.50. The monoisotopic (exact) mass is 447 g/mol. The van der Waals surface area contributed by atoms with Crippen molar-refractivity contribution in [1.29, 1.82) is 0 Å². The molecule has 0 bridgehead atoms. The molecule has 5 rings (SSSR count). The molecule has 7 heteroatoms. The van der Waals surface area contributed by atoms with Gasteiger partial charge in [-0.15, -0.1) is 0 Å². The van der Waals surface area contributed by atoms with E-state index >= 15 is 0 Å². The molecule has 1 saturated heterocycles. The van der Waals surface area contributed by atoms with Crippen LogP contribution in [-0.2, 0) is 9.53 Å². The Kier molecular flexibility index (Phi) is 5.89. The Morgan fingerprint density at radius 1 is 0.909 bits per heavy atom. The third-order valence-corrected chi connectivity index (χ3v) is 7.11. The van der Waals surface area contributed by atoms with E-state index in [1.54, 1.807) is 13.2 Å². The zero-order valence-electron chi connectivity index (χ0n) is 18.9. The lowest BCUT2D eigenvalue weighted by atomic mass is 10.1. The lowest BCUT2D eigenvalue weighted by Gasteiger charge is -2.38. The summed E-state index contributed by atoms with van der Waals surface area (Å²) in [4.78, 5) is 44.9. The highest BCUT2D eigenvalue weighted by molar-refractivity contribution is 6.24. The van der Waals surface area contributed by atoms with E-state index < -0.39 is 6.10 Å². The van der Waals surface area contributed by atoms with Gasteiger partial charge in [-0.05, 0) is 30.5 Å². The molecule has 33 heavy (non-hydrogen) atoms. The largest absolute Gasteiger partial charge is 0.367 e. The first-order valence-electron chi connectivity index (χ1n) is 11.7. The van der Waals surface area contributed by atoms with Gasteiger partial charge in [0.25, 0.3) is 17.7 Å². The maximum absolute atomic E-state index is 13.3. The van der Waals surface area contributed by atoms with Crippen LogP contribution in [0.15, 0.2) is 48.5 Å². The van der Waals surface area contributed by atoms with Gasteiger partial charge in [0.05, 0.1) is 16.8 Å². The minimum Gasteiger partial charge on any atom is -0.367 e. The van der Waals surface area contributed by atoms with E-state index in [1.165, 1.54) is 4.90 Å². The number of benzene rings is 2. The summed E-state index contributed by atoms with van der Waals surface area (Å²) >= 11 is 0. The van der Waals surface area contributed by atoms with Crippen LogP contribution in [0.5, 0.6) is 0 Å². The number of hydrogen-bond acceptors (Lipinski definition) is 5. The quantitative estimate of drug-likeness (QED) is 0.658. The predicted octanol–water partition coefficient (Wildman–Crippen LogP) is 3.26. The summed E-state index contributed by atoms with van der Waals surface area (Å²) < 4.78 is 5.52. The number of fused-ring (bicyclic) bond motifs is 1. The number of rotatable bonds is 5. The molecule has 3 amide bonds. The van der Waals surface area contributed by atoms with Crippen molar-refractivity contribution in [3.05, 3.63) is 65.2 Å². The molecule has 0 radical (unpaired) electrons. The third kappa shape index (κ3) is 3.80. The van der Waals surface area contributed by atoms with Gasteiger partial charge in [-0.1, -0.05) is 49.2 Å². The minimum atomic E-state index is -0.627. The molecule has 2 aliphatic heterocycles. The Bertz CT molecular complexity index is 1060. The van der Waals surface area contributed by atoms with Crippen LogP contribution < -0.4 is 4.90 Å². The molecular weight excluding hydrogens is 418 g/mol. The van der Waals surface area contributed by atoms with Crippen LogP contribution in [0.1, 0.15) is 58.1 Å². The van der Waals surface area contributed by atoms with E-state index in [4.69, 9.17) is 4.74 Å². The Hall–Kier alpha value is -3.19. The number of methoxy groups -OCH3 is 1. The van der Waals surface area contributed by atoms with Crippen molar-refractivity contribution in [1.82, 2.24) is 9.80 Å². The Morgan fingerprint density at radius 2 is 1.61 bits per heavy atom. The SMILES string of the molecule is COC(C(=O)N1CCN(c2cccc3c2C(=O)N(C2CCCC2)C3=O)CC1)c1ccccc1. The molecular formula is C26H29N3O4. The van der Waals surface area contributed by atoms with Gasteiger partial charge in [-0.2, -0.15) is 0 Å². The number of nitrogens with zero attached hydrogens (tertiary/aromatic N) is 3. The van der Waals surface area contributed by atoms with E-state index in [0.29, 0.717) is 37.3 Å². The van der Waals surface area contributed by atoms with Crippen molar-refractivity contribution in [2.24, 2.45) is 0 Å². The van der Waals surface area contributed by atoms with Crippen LogP contribution >= 0.6 is 0 Å². The highest BCUT2D eigenvalue weighted by Gasteiger charge is 2.43. The van der Waals surface area contributed by atoms with E-state index in [-0.39, 0.29) is 23.8 Å². The van der Waals surface area contributed by atoms with Gasteiger partial charge in [-0.3, -0.25) is 19.3 Å². The average molecular weight is 448 g/mol. The van der Waals surface area contributed by atoms with Crippen molar-refractivity contribution >= 4 is 23.4 Å². The number of anilines is 1. The minimum absolute atomic E-state index is 0.0173. The molecule has 2 heterocycles. The molecule has 172 valence electrons. The van der Waals surface area contributed by atoms with Crippen molar-refractivity contribution in [2.45, 2.75) is 37.8 Å². The molecule has 7 nitrogen and oxygen atoms in total. The summed E-state index contributed by atoms with van der Waals surface area (Å²) in [5, 5.41) is 0. The first kappa shape index (κ1) is 21.6. The van der Waals surface area contributed by atoms with E-state index in [1.807, 2.05) is 47.4 Å². The van der Waals surface area contributed by atoms with Gasteiger partial charge in [0.1, 0.15) is 0 Å². The molecule has 0 aromatic heterocycles. The number of piperazine rings is 1. The molecule has 1 unspecified atom stereocenters. The van der Waals surface area contributed by atoms with Crippen molar-refractivity contribution in [3.63, 3.8) is 0 Å². The fraction of sp³-hybridized carbons (Fsp3) is 0.423. The summed E-state index contributed by atoms with van der Waals surface area (Å²) in [5.74, 6) is -0.386. The summed E-state index contributed by atoms with van der Waals surface area (Å²) in [6.07, 6.45) is 3.28. The van der Waals surface area contributed by atoms with Gasteiger partial charge in [-0.25, -0.2) is 0 Å². The Balaban J connectivity index is 1.31. The molecule has 2 fully saturated rings. The average Bonchev–Trinajstić information content (AvgIpc) is 3.47. The van der Waals surface area contributed by atoms with Gasteiger partial charge < -0.3 is 14.5 Å². The number of carbonyl (C=O) groups is 3. The fourth-order valence-corrected chi connectivity index (χ4v) is 5.38. The van der Waals surface area contributed by atoms with Crippen LogP contribution in [0.25, 0.3) is 0 Å². The van der Waals surface area contributed by atoms with E-state index in [9.17, 15) is 14.4 Å². The van der Waals surface area contributed by atoms with Crippen molar-refractivity contribution < 1.29 is 19.1 Å². The third-order valence-electron chi connectivity index (χ3n) is 7.11. The van der Waals surface area contributed by atoms with Crippen LogP contribution in [0, 0.1) is 0 Å². The number of hydrogen-bond donors (Lipinski definition) is 0. The second-order valence-electron chi connectivity index (χ2n) is 8.96. The van der Waals surface area contributed by atoms with Crippen LogP contribution in [0.4, 0.5) is 5.69 Å². The Morgan fingerprint density at radius 3 is 2.27 bits per heavy atom. The molecule has 1 saturated carbocycles. The molecule has 3 aliphatic rings. The lowest BCUT2D eigenvalue weighted by molar-refractivity contribution is -0.142. The predicted molar refractivity (Wildman–Crippen MR) is 124 cm³/mol. The van der Waals surface area contributed by atoms with Crippen molar-refractivity contribution in [2.75, 3.05) is 38.2 Å².